The summed E-state index contributed by atoms with van der Waals surface area (Å²) in [5.74, 6) is -0.481. The molecule has 0 aliphatic carbocycles. The van der Waals surface area contributed by atoms with E-state index in [-0.39, 0.29) is 5.91 Å². The molecule has 0 spiro atoms. The lowest BCUT2D eigenvalue weighted by Gasteiger charge is -2.41. The standard InChI is InChI=1S/C26H27ClN2O3/c1-2-26(31-22-15-11-19(12-16-22)6-5-17-28)25(30)29(18-20-9-13-21(27)14-10-20)23-7-3-4-8-24(23)32-26/h3-4,7-16H,2,5-6,17-18,28H2,1H3. The Morgan fingerprint density at radius 3 is 2.38 bits per heavy atom. The minimum absolute atomic E-state index is 0.235. The molecule has 1 aliphatic heterocycles. The molecule has 1 unspecified atom stereocenters. The first-order chi connectivity index (χ1) is 15.5. The summed E-state index contributed by atoms with van der Waals surface area (Å²) in [6.45, 7) is 2.93. The van der Waals surface area contributed by atoms with Crippen LogP contribution in [0.3, 0.4) is 0 Å². The molecule has 0 aromatic heterocycles. The third kappa shape index (κ3) is 4.59. The van der Waals surface area contributed by atoms with Gasteiger partial charge in [0.2, 0.25) is 0 Å². The van der Waals surface area contributed by atoms with Gasteiger partial charge in [0.1, 0.15) is 11.5 Å². The van der Waals surface area contributed by atoms with Gasteiger partial charge in [-0.15, -0.1) is 0 Å². The SMILES string of the molecule is CCC1(Oc2ccc(CCCN)cc2)Oc2ccccc2N(Cc2ccc(Cl)cc2)C1=O. The predicted octanol–water partition coefficient (Wildman–Crippen LogP) is 5.34. The van der Waals surface area contributed by atoms with Crippen LogP contribution in [0.1, 0.15) is 30.9 Å². The number of hydrogen-bond donors (Lipinski definition) is 1. The Morgan fingerprint density at radius 1 is 1.00 bits per heavy atom. The van der Waals surface area contributed by atoms with Crippen molar-refractivity contribution in [1.29, 1.82) is 0 Å². The molecule has 3 aromatic rings. The lowest BCUT2D eigenvalue weighted by atomic mass is 10.1. The van der Waals surface area contributed by atoms with E-state index >= 15 is 0 Å². The number of ether oxygens (including phenoxy) is 2. The van der Waals surface area contributed by atoms with Gasteiger partial charge in [0.05, 0.1) is 12.2 Å². The number of amides is 1. The van der Waals surface area contributed by atoms with Gasteiger partial charge in [-0.1, -0.05) is 54.9 Å². The van der Waals surface area contributed by atoms with Crippen molar-refractivity contribution in [2.45, 2.75) is 38.5 Å². The van der Waals surface area contributed by atoms with E-state index < -0.39 is 5.79 Å². The molecular formula is C26H27ClN2O3. The van der Waals surface area contributed by atoms with Gasteiger partial charge in [0.15, 0.2) is 0 Å². The van der Waals surface area contributed by atoms with Crippen LogP contribution in [0.15, 0.2) is 72.8 Å². The zero-order chi connectivity index (χ0) is 22.6. The van der Waals surface area contributed by atoms with E-state index in [0.717, 1.165) is 24.1 Å². The molecule has 6 heteroatoms. The van der Waals surface area contributed by atoms with Gasteiger partial charge in [-0.3, -0.25) is 9.69 Å². The molecule has 0 bridgehead atoms. The van der Waals surface area contributed by atoms with E-state index in [1.807, 2.05) is 79.7 Å². The van der Waals surface area contributed by atoms with Crippen LogP contribution >= 0.6 is 11.6 Å². The number of para-hydroxylation sites is 2. The molecule has 0 saturated heterocycles. The average molecular weight is 451 g/mol. The molecule has 1 aliphatic rings. The fourth-order valence-electron chi connectivity index (χ4n) is 3.81. The third-order valence-electron chi connectivity index (χ3n) is 5.60. The monoisotopic (exact) mass is 450 g/mol. The van der Waals surface area contributed by atoms with Crippen molar-refractivity contribution in [2.24, 2.45) is 5.73 Å². The number of hydrogen-bond acceptors (Lipinski definition) is 4. The number of nitrogens with two attached hydrogens (primary N) is 1. The highest BCUT2D eigenvalue weighted by Gasteiger charge is 2.49. The van der Waals surface area contributed by atoms with Crippen molar-refractivity contribution >= 4 is 23.2 Å². The third-order valence-corrected chi connectivity index (χ3v) is 5.85. The highest BCUT2D eigenvalue weighted by atomic mass is 35.5. The molecule has 3 aromatic carbocycles. The maximum Gasteiger partial charge on any atom is 0.332 e. The Balaban J connectivity index is 1.64. The average Bonchev–Trinajstić information content (AvgIpc) is 2.82. The maximum atomic E-state index is 13.8. The van der Waals surface area contributed by atoms with Crippen LogP contribution in [0.4, 0.5) is 5.69 Å². The highest BCUT2D eigenvalue weighted by molar-refractivity contribution is 6.30. The Hall–Kier alpha value is -3.02. The van der Waals surface area contributed by atoms with Crippen molar-refractivity contribution in [3.63, 3.8) is 0 Å². The van der Waals surface area contributed by atoms with Gasteiger partial charge in [0.25, 0.3) is 0 Å². The molecule has 1 heterocycles. The molecule has 2 N–H and O–H groups in total. The quantitative estimate of drug-likeness (QED) is 0.503. The largest absolute Gasteiger partial charge is 0.444 e. The molecule has 1 atom stereocenters. The van der Waals surface area contributed by atoms with Gasteiger partial charge in [-0.25, -0.2) is 0 Å². The second-order valence-electron chi connectivity index (χ2n) is 7.83. The molecule has 0 fully saturated rings. The van der Waals surface area contributed by atoms with Crippen LogP contribution < -0.4 is 20.1 Å². The summed E-state index contributed by atoms with van der Waals surface area (Å²) in [4.78, 5) is 15.5. The van der Waals surface area contributed by atoms with Crippen molar-refractivity contribution in [3.8, 4) is 11.5 Å². The van der Waals surface area contributed by atoms with Gasteiger partial charge >= 0.3 is 11.7 Å². The van der Waals surface area contributed by atoms with E-state index in [2.05, 4.69) is 0 Å². The predicted molar refractivity (Wildman–Crippen MR) is 127 cm³/mol. The summed E-state index contributed by atoms with van der Waals surface area (Å²) in [5.41, 5.74) is 8.47. The smallest absolute Gasteiger partial charge is 0.332 e. The fraction of sp³-hybridized carbons (Fsp3) is 0.269. The Bertz CT molecular complexity index is 1070. The van der Waals surface area contributed by atoms with Gasteiger partial charge in [0, 0.05) is 11.4 Å². The number of anilines is 1. The number of rotatable bonds is 8. The summed E-state index contributed by atoms with van der Waals surface area (Å²) in [7, 11) is 0. The van der Waals surface area contributed by atoms with Crippen LogP contribution in [0.25, 0.3) is 0 Å². The van der Waals surface area contributed by atoms with E-state index in [4.69, 9.17) is 26.8 Å². The molecule has 4 rings (SSSR count). The lowest BCUT2D eigenvalue weighted by molar-refractivity contribution is -0.167. The zero-order valence-corrected chi connectivity index (χ0v) is 18.8. The van der Waals surface area contributed by atoms with E-state index in [0.29, 0.717) is 36.0 Å². The van der Waals surface area contributed by atoms with Crippen LogP contribution in [-0.2, 0) is 17.8 Å². The first-order valence-corrected chi connectivity index (χ1v) is 11.2. The minimum Gasteiger partial charge on any atom is -0.444 e. The Kier molecular flexibility index (Phi) is 6.68. The lowest BCUT2D eigenvalue weighted by Crippen LogP contribution is -2.59. The second-order valence-corrected chi connectivity index (χ2v) is 8.27. The first kappa shape index (κ1) is 22.2. The van der Waals surface area contributed by atoms with Crippen LogP contribution in [0, 0.1) is 0 Å². The van der Waals surface area contributed by atoms with Crippen molar-refractivity contribution in [3.05, 3.63) is 88.9 Å². The molecule has 1 amide bonds. The number of carbonyl (C=O) groups excluding carboxylic acids is 1. The summed E-state index contributed by atoms with van der Waals surface area (Å²) in [5, 5.41) is 0.656. The Morgan fingerprint density at radius 2 is 1.69 bits per heavy atom. The summed E-state index contributed by atoms with van der Waals surface area (Å²) < 4.78 is 12.5. The topological polar surface area (TPSA) is 64.8 Å². The Labute approximate surface area is 193 Å². The van der Waals surface area contributed by atoms with Gasteiger partial charge < -0.3 is 15.2 Å². The van der Waals surface area contributed by atoms with Crippen molar-refractivity contribution in [1.82, 2.24) is 0 Å². The molecule has 0 saturated carbocycles. The molecule has 166 valence electrons. The number of aryl methyl sites for hydroxylation is 1. The number of fused-ring (bicyclic) bond motifs is 1. The van der Waals surface area contributed by atoms with E-state index in [9.17, 15) is 4.79 Å². The van der Waals surface area contributed by atoms with Crippen molar-refractivity contribution < 1.29 is 14.3 Å². The zero-order valence-electron chi connectivity index (χ0n) is 18.1. The molecular weight excluding hydrogens is 424 g/mol. The van der Waals surface area contributed by atoms with Crippen molar-refractivity contribution in [2.75, 3.05) is 11.4 Å². The van der Waals surface area contributed by atoms with Crippen LogP contribution in [0.2, 0.25) is 5.02 Å². The van der Waals surface area contributed by atoms with Crippen LogP contribution in [-0.4, -0.2) is 18.2 Å². The number of nitrogens with zero attached hydrogens (tertiary/aromatic N) is 1. The maximum absolute atomic E-state index is 13.8. The van der Waals surface area contributed by atoms with E-state index in [1.165, 1.54) is 5.56 Å². The number of benzene rings is 3. The first-order valence-electron chi connectivity index (χ1n) is 10.9. The fourth-order valence-corrected chi connectivity index (χ4v) is 3.94. The summed E-state index contributed by atoms with van der Waals surface area (Å²) >= 11 is 6.03. The minimum atomic E-state index is -1.44. The molecule has 0 radical (unpaired) electrons. The second kappa shape index (κ2) is 9.63. The van der Waals surface area contributed by atoms with Crippen LogP contribution in [0.5, 0.6) is 11.5 Å². The van der Waals surface area contributed by atoms with Gasteiger partial charge in [-0.2, -0.15) is 0 Å². The summed E-state index contributed by atoms with van der Waals surface area (Å²) in [6, 6.07) is 22.8. The normalized spacial score (nSPS) is 17.6. The van der Waals surface area contributed by atoms with Gasteiger partial charge in [-0.05, 0) is 66.9 Å². The number of halogens is 1. The molecule has 32 heavy (non-hydrogen) atoms. The van der Waals surface area contributed by atoms with E-state index in [1.54, 1.807) is 4.90 Å². The number of carbonyl (C=O) groups is 1. The molecule has 5 nitrogen and oxygen atoms in total. The summed E-state index contributed by atoms with van der Waals surface area (Å²) in [6.07, 6.45) is 2.19. The highest BCUT2D eigenvalue weighted by Crippen LogP contribution is 2.40.